The molecule has 1 atom stereocenters. The number of carbonyl (C=O) groups is 3. The van der Waals surface area contributed by atoms with E-state index in [1.54, 1.807) is 48.5 Å². The molecular weight excluding hydrogens is 362 g/mol. The van der Waals surface area contributed by atoms with E-state index in [1.807, 2.05) is 6.92 Å². The Morgan fingerprint density at radius 2 is 1.57 bits per heavy atom. The van der Waals surface area contributed by atoms with Gasteiger partial charge in [0.05, 0.1) is 6.61 Å². The maximum absolute atomic E-state index is 12.2. The zero-order valence-electron chi connectivity index (χ0n) is 16.1. The summed E-state index contributed by atoms with van der Waals surface area (Å²) in [6.45, 7) is 4.89. The van der Waals surface area contributed by atoms with Gasteiger partial charge in [-0.1, -0.05) is 12.1 Å². The summed E-state index contributed by atoms with van der Waals surface area (Å²) in [5.74, 6) is -0.285. The number of para-hydroxylation sites is 2. The summed E-state index contributed by atoms with van der Waals surface area (Å²) in [7, 11) is 0. The van der Waals surface area contributed by atoms with Gasteiger partial charge < -0.3 is 19.5 Å². The first kappa shape index (κ1) is 21.0. The van der Waals surface area contributed by atoms with Crippen LogP contribution in [0.1, 0.15) is 31.1 Å². The highest BCUT2D eigenvalue weighted by Gasteiger charge is 2.19. The number of hydrogen-bond acceptors (Lipinski definition) is 6. The van der Waals surface area contributed by atoms with Gasteiger partial charge in [-0.2, -0.15) is 0 Å². The molecule has 0 heterocycles. The van der Waals surface area contributed by atoms with Crippen molar-refractivity contribution >= 4 is 23.3 Å². The fraction of sp³-hybridized carbons (Fsp3) is 0.286. The van der Waals surface area contributed by atoms with Crippen molar-refractivity contribution in [3.05, 3.63) is 54.1 Å². The molecule has 0 unspecified atom stereocenters. The number of carbonyl (C=O) groups excluding carboxylic acids is 3. The third-order valence-electron chi connectivity index (χ3n) is 3.73. The van der Waals surface area contributed by atoms with Gasteiger partial charge in [-0.05, 0) is 57.2 Å². The van der Waals surface area contributed by atoms with Gasteiger partial charge in [-0.15, -0.1) is 0 Å². The number of benzene rings is 2. The molecule has 0 bridgehead atoms. The van der Waals surface area contributed by atoms with Crippen LogP contribution in [0.2, 0.25) is 0 Å². The quantitative estimate of drug-likeness (QED) is 0.526. The second-order valence-electron chi connectivity index (χ2n) is 5.92. The van der Waals surface area contributed by atoms with Crippen molar-refractivity contribution < 1.29 is 28.6 Å². The number of ether oxygens (including phenoxy) is 3. The first-order valence-corrected chi connectivity index (χ1v) is 8.86. The minimum absolute atomic E-state index is 0.0638. The Bertz CT molecular complexity index is 831. The van der Waals surface area contributed by atoms with Crippen molar-refractivity contribution in [2.24, 2.45) is 0 Å². The first-order valence-electron chi connectivity index (χ1n) is 8.86. The predicted octanol–water partition coefficient (Wildman–Crippen LogP) is 3.24. The number of ketones is 1. The van der Waals surface area contributed by atoms with Crippen LogP contribution in [0.3, 0.4) is 0 Å². The molecule has 0 radical (unpaired) electrons. The van der Waals surface area contributed by atoms with E-state index >= 15 is 0 Å². The summed E-state index contributed by atoms with van der Waals surface area (Å²) in [6.07, 6.45) is -1.01. The van der Waals surface area contributed by atoms with E-state index in [1.165, 1.54) is 13.8 Å². The molecule has 148 valence electrons. The van der Waals surface area contributed by atoms with Crippen LogP contribution < -0.4 is 14.8 Å². The van der Waals surface area contributed by atoms with E-state index in [9.17, 15) is 14.4 Å². The maximum Gasteiger partial charge on any atom is 0.344 e. The zero-order chi connectivity index (χ0) is 20.5. The standard InChI is InChI=1S/C21H23NO6/c1-4-26-18-7-5-6-8-19(18)27-13-20(24)28-15(3)21(25)22-17-11-9-16(10-12-17)14(2)23/h5-12,15H,4,13H2,1-3H3,(H,22,25)/t15-/m1/s1. The molecule has 2 rings (SSSR count). The number of anilines is 1. The van der Waals surface area contributed by atoms with Crippen LogP contribution in [-0.4, -0.2) is 37.0 Å². The lowest BCUT2D eigenvalue weighted by molar-refractivity contribution is -0.155. The second kappa shape index (κ2) is 10.1. The van der Waals surface area contributed by atoms with Gasteiger partial charge in [-0.3, -0.25) is 9.59 Å². The minimum Gasteiger partial charge on any atom is -0.490 e. The number of rotatable bonds is 9. The fourth-order valence-electron chi connectivity index (χ4n) is 2.30. The molecule has 0 saturated heterocycles. The average Bonchev–Trinajstić information content (AvgIpc) is 2.68. The number of hydrogen-bond donors (Lipinski definition) is 1. The van der Waals surface area contributed by atoms with Crippen molar-refractivity contribution in [3.8, 4) is 11.5 Å². The second-order valence-corrected chi connectivity index (χ2v) is 5.92. The van der Waals surface area contributed by atoms with Gasteiger partial charge >= 0.3 is 5.97 Å². The Morgan fingerprint density at radius 1 is 0.964 bits per heavy atom. The third-order valence-corrected chi connectivity index (χ3v) is 3.73. The Kier molecular flexibility index (Phi) is 7.56. The molecule has 0 fully saturated rings. The molecule has 0 aliphatic rings. The van der Waals surface area contributed by atoms with Gasteiger partial charge in [-0.25, -0.2) is 4.79 Å². The summed E-state index contributed by atoms with van der Waals surface area (Å²) in [6, 6.07) is 13.4. The largest absolute Gasteiger partial charge is 0.490 e. The molecule has 0 saturated carbocycles. The van der Waals surface area contributed by atoms with E-state index in [-0.39, 0.29) is 12.4 Å². The van der Waals surface area contributed by atoms with Gasteiger partial charge in [0.1, 0.15) is 0 Å². The number of esters is 1. The SMILES string of the molecule is CCOc1ccccc1OCC(=O)O[C@H](C)C(=O)Nc1ccc(C(C)=O)cc1. The minimum atomic E-state index is -1.01. The lowest BCUT2D eigenvalue weighted by Crippen LogP contribution is -2.31. The Morgan fingerprint density at radius 3 is 2.14 bits per heavy atom. The lowest BCUT2D eigenvalue weighted by atomic mass is 10.1. The van der Waals surface area contributed by atoms with Crippen molar-refractivity contribution in [3.63, 3.8) is 0 Å². The van der Waals surface area contributed by atoms with Gasteiger partial charge in [0.15, 0.2) is 30.0 Å². The van der Waals surface area contributed by atoms with Gasteiger partial charge in [0.25, 0.3) is 5.91 Å². The van der Waals surface area contributed by atoms with Crippen molar-refractivity contribution in [1.29, 1.82) is 0 Å². The number of amides is 1. The summed E-state index contributed by atoms with van der Waals surface area (Å²) in [5.41, 5.74) is 1.04. The topological polar surface area (TPSA) is 90.9 Å². The van der Waals surface area contributed by atoms with Crippen molar-refractivity contribution in [2.75, 3.05) is 18.5 Å². The molecule has 7 heteroatoms. The highest BCUT2D eigenvalue weighted by molar-refractivity contribution is 5.97. The maximum atomic E-state index is 12.2. The van der Waals surface area contributed by atoms with Crippen LogP contribution in [0.25, 0.3) is 0 Å². The smallest absolute Gasteiger partial charge is 0.344 e. The highest BCUT2D eigenvalue weighted by Crippen LogP contribution is 2.26. The van der Waals surface area contributed by atoms with Gasteiger partial charge in [0, 0.05) is 11.3 Å². The van der Waals surface area contributed by atoms with Crippen LogP contribution in [0, 0.1) is 0 Å². The van der Waals surface area contributed by atoms with E-state index in [2.05, 4.69) is 5.32 Å². The van der Waals surface area contributed by atoms with E-state index < -0.39 is 18.0 Å². The van der Waals surface area contributed by atoms with Gasteiger partial charge in [0.2, 0.25) is 0 Å². The molecule has 0 aromatic heterocycles. The summed E-state index contributed by atoms with van der Waals surface area (Å²) in [5, 5.41) is 2.62. The van der Waals surface area contributed by atoms with E-state index in [0.29, 0.717) is 29.4 Å². The molecule has 2 aromatic rings. The normalized spacial score (nSPS) is 11.2. The summed E-state index contributed by atoms with van der Waals surface area (Å²) >= 11 is 0. The van der Waals surface area contributed by atoms with Crippen LogP contribution in [0.15, 0.2) is 48.5 Å². The van der Waals surface area contributed by atoms with Crippen molar-refractivity contribution in [2.45, 2.75) is 26.9 Å². The zero-order valence-corrected chi connectivity index (χ0v) is 16.1. The fourth-order valence-corrected chi connectivity index (χ4v) is 2.30. The number of nitrogens with one attached hydrogen (secondary N) is 1. The molecule has 7 nitrogen and oxygen atoms in total. The molecule has 0 aliphatic heterocycles. The summed E-state index contributed by atoms with van der Waals surface area (Å²) < 4.78 is 15.9. The average molecular weight is 385 g/mol. The Hall–Kier alpha value is -3.35. The first-order chi connectivity index (χ1) is 13.4. The van der Waals surface area contributed by atoms with Crippen LogP contribution in [0.4, 0.5) is 5.69 Å². The molecule has 28 heavy (non-hydrogen) atoms. The molecule has 1 amide bonds. The highest BCUT2D eigenvalue weighted by atomic mass is 16.6. The predicted molar refractivity (Wildman–Crippen MR) is 104 cm³/mol. The molecular formula is C21H23NO6. The Labute approximate surface area is 163 Å². The monoisotopic (exact) mass is 385 g/mol. The van der Waals surface area contributed by atoms with E-state index in [0.717, 1.165) is 0 Å². The van der Waals surface area contributed by atoms with E-state index in [4.69, 9.17) is 14.2 Å². The van der Waals surface area contributed by atoms with Crippen LogP contribution in [-0.2, 0) is 14.3 Å². The number of Topliss-reactive ketones (excluding diaryl/α,β-unsaturated/α-hetero) is 1. The lowest BCUT2D eigenvalue weighted by Gasteiger charge is -2.15. The van der Waals surface area contributed by atoms with Crippen LogP contribution in [0.5, 0.6) is 11.5 Å². The molecule has 0 spiro atoms. The van der Waals surface area contributed by atoms with Crippen LogP contribution >= 0.6 is 0 Å². The molecule has 0 aliphatic carbocycles. The molecule has 2 aromatic carbocycles. The summed E-state index contributed by atoms with van der Waals surface area (Å²) in [4.78, 5) is 35.4. The molecule has 1 N–H and O–H groups in total. The van der Waals surface area contributed by atoms with Crippen molar-refractivity contribution in [1.82, 2.24) is 0 Å². The third kappa shape index (κ3) is 6.12. The Balaban J connectivity index is 1.84.